The number of benzene rings is 3. The van der Waals surface area contributed by atoms with Crippen molar-refractivity contribution in [1.82, 2.24) is 4.90 Å². The van der Waals surface area contributed by atoms with Crippen LogP contribution in [0.1, 0.15) is 11.1 Å². The first kappa shape index (κ1) is 25.3. The fourth-order valence-electron chi connectivity index (χ4n) is 3.83. The normalized spacial score (nSPS) is 16.2. The van der Waals surface area contributed by atoms with E-state index in [1.54, 1.807) is 11.0 Å². The number of thioether (sulfide) groups is 1. The SMILES string of the molecule is COc1ccc(S(=O)(=O)Oc2ccc(/C=C3\C(=N)N4C(c5ccccc5)=CSC4=NC3=O)cc2OC)cc1. The van der Waals surface area contributed by atoms with Crippen LogP contribution in [0.4, 0.5) is 0 Å². The molecule has 2 aliphatic heterocycles. The van der Waals surface area contributed by atoms with E-state index in [4.69, 9.17) is 19.1 Å². The number of carbonyl (C=O) groups is 1. The van der Waals surface area contributed by atoms with Crippen molar-refractivity contribution in [3.05, 3.63) is 94.9 Å². The molecule has 3 aromatic rings. The molecule has 0 spiro atoms. The van der Waals surface area contributed by atoms with Crippen LogP contribution in [0, 0.1) is 5.41 Å². The summed E-state index contributed by atoms with van der Waals surface area (Å²) in [6, 6.07) is 19.9. The van der Waals surface area contributed by atoms with Crippen molar-refractivity contribution < 1.29 is 26.9 Å². The minimum atomic E-state index is -4.14. The molecule has 0 bridgehead atoms. The Kier molecular flexibility index (Phi) is 6.79. The number of nitrogens with one attached hydrogen (secondary N) is 1. The van der Waals surface area contributed by atoms with E-state index in [9.17, 15) is 13.2 Å². The van der Waals surface area contributed by atoms with Crippen molar-refractivity contribution in [2.45, 2.75) is 4.90 Å². The lowest BCUT2D eigenvalue weighted by molar-refractivity contribution is -0.114. The lowest BCUT2D eigenvalue weighted by Crippen LogP contribution is -2.38. The first-order valence-corrected chi connectivity index (χ1v) is 13.5. The summed E-state index contributed by atoms with van der Waals surface area (Å²) >= 11 is 1.28. The molecule has 192 valence electrons. The van der Waals surface area contributed by atoms with Crippen LogP contribution in [-0.2, 0) is 14.9 Å². The quantitative estimate of drug-likeness (QED) is 0.332. The van der Waals surface area contributed by atoms with Gasteiger partial charge in [0.25, 0.3) is 5.91 Å². The van der Waals surface area contributed by atoms with Crippen LogP contribution in [0.25, 0.3) is 11.8 Å². The monoisotopic (exact) mass is 547 g/mol. The predicted octanol–water partition coefficient (Wildman–Crippen LogP) is 4.78. The van der Waals surface area contributed by atoms with Crippen LogP contribution in [0.2, 0.25) is 0 Å². The second-order valence-corrected chi connectivity index (χ2v) is 10.4. The molecule has 0 fully saturated rings. The minimum Gasteiger partial charge on any atom is -0.497 e. The number of hydrogen-bond acceptors (Lipinski definition) is 8. The number of amidine groups is 2. The maximum Gasteiger partial charge on any atom is 0.339 e. The predicted molar refractivity (Wildman–Crippen MR) is 146 cm³/mol. The Morgan fingerprint density at radius 1 is 0.947 bits per heavy atom. The summed E-state index contributed by atoms with van der Waals surface area (Å²) in [4.78, 5) is 18.5. The van der Waals surface area contributed by atoms with Gasteiger partial charge in [0.1, 0.15) is 16.5 Å². The maximum atomic E-state index is 12.8. The van der Waals surface area contributed by atoms with E-state index in [1.807, 2.05) is 35.7 Å². The molecule has 38 heavy (non-hydrogen) atoms. The molecule has 1 amide bonds. The molecular weight excluding hydrogens is 526 g/mol. The number of amides is 1. The fraction of sp³-hybridized carbons (Fsp3) is 0.0741. The highest BCUT2D eigenvalue weighted by Crippen LogP contribution is 2.38. The van der Waals surface area contributed by atoms with E-state index >= 15 is 0 Å². The Labute approximate surface area is 223 Å². The first-order valence-electron chi connectivity index (χ1n) is 11.2. The molecule has 0 aliphatic carbocycles. The molecule has 11 heteroatoms. The van der Waals surface area contributed by atoms with Crippen molar-refractivity contribution in [2.24, 2.45) is 4.99 Å². The highest BCUT2D eigenvalue weighted by molar-refractivity contribution is 8.17. The Morgan fingerprint density at radius 3 is 2.37 bits per heavy atom. The Bertz CT molecular complexity index is 1630. The zero-order valence-corrected chi connectivity index (χ0v) is 21.9. The minimum absolute atomic E-state index is 0.0125. The number of methoxy groups -OCH3 is 2. The molecule has 3 aromatic carbocycles. The highest BCUT2D eigenvalue weighted by atomic mass is 32.2. The molecule has 1 N–H and O–H groups in total. The van der Waals surface area contributed by atoms with Crippen molar-refractivity contribution in [2.75, 3.05) is 14.2 Å². The van der Waals surface area contributed by atoms with Crippen molar-refractivity contribution in [3.63, 3.8) is 0 Å². The van der Waals surface area contributed by atoms with Crippen LogP contribution < -0.4 is 13.7 Å². The van der Waals surface area contributed by atoms with Crippen LogP contribution in [0.3, 0.4) is 0 Å². The van der Waals surface area contributed by atoms with Gasteiger partial charge in [-0.3, -0.25) is 15.1 Å². The maximum absolute atomic E-state index is 12.8. The second kappa shape index (κ2) is 10.2. The van der Waals surface area contributed by atoms with E-state index in [1.165, 1.54) is 68.5 Å². The van der Waals surface area contributed by atoms with Crippen LogP contribution in [0.15, 0.2) is 93.7 Å². The van der Waals surface area contributed by atoms with Crippen molar-refractivity contribution in [1.29, 1.82) is 5.41 Å². The zero-order valence-electron chi connectivity index (χ0n) is 20.2. The smallest absolute Gasteiger partial charge is 0.339 e. The fourth-order valence-corrected chi connectivity index (χ4v) is 5.66. The van der Waals surface area contributed by atoms with E-state index in [-0.39, 0.29) is 27.8 Å². The van der Waals surface area contributed by atoms with Gasteiger partial charge < -0.3 is 13.7 Å². The molecule has 2 heterocycles. The summed E-state index contributed by atoms with van der Waals surface area (Å²) < 4.78 is 41.3. The van der Waals surface area contributed by atoms with E-state index < -0.39 is 16.0 Å². The number of aliphatic imine (C=N–C) groups is 1. The molecule has 9 nitrogen and oxygen atoms in total. The topological polar surface area (TPSA) is 118 Å². The van der Waals surface area contributed by atoms with Gasteiger partial charge in [-0.1, -0.05) is 48.2 Å². The molecular formula is C27H21N3O6S2. The van der Waals surface area contributed by atoms with Crippen LogP contribution >= 0.6 is 11.8 Å². The zero-order chi connectivity index (χ0) is 26.9. The molecule has 0 radical (unpaired) electrons. The van der Waals surface area contributed by atoms with Gasteiger partial charge >= 0.3 is 10.1 Å². The van der Waals surface area contributed by atoms with Crippen molar-refractivity contribution in [3.8, 4) is 17.2 Å². The third-order valence-electron chi connectivity index (χ3n) is 5.73. The third-order valence-corrected chi connectivity index (χ3v) is 7.80. The highest BCUT2D eigenvalue weighted by Gasteiger charge is 2.36. The average molecular weight is 548 g/mol. The van der Waals surface area contributed by atoms with Gasteiger partial charge in [0, 0.05) is 5.41 Å². The van der Waals surface area contributed by atoms with Crippen LogP contribution in [0.5, 0.6) is 17.2 Å². The summed E-state index contributed by atoms with van der Waals surface area (Å²) in [6.45, 7) is 0. The van der Waals surface area contributed by atoms with E-state index in [0.29, 0.717) is 16.5 Å². The molecule has 0 saturated carbocycles. The van der Waals surface area contributed by atoms with Crippen LogP contribution in [-0.4, -0.2) is 44.4 Å². The molecule has 0 atom stereocenters. The van der Waals surface area contributed by atoms with E-state index in [0.717, 1.165) is 11.3 Å². The van der Waals surface area contributed by atoms with Gasteiger partial charge in [-0.05, 0) is 53.6 Å². The second-order valence-electron chi connectivity index (χ2n) is 8.05. The number of nitrogens with zero attached hydrogens (tertiary/aromatic N) is 2. The lowest BCUT2D eigenvalue weighted by atomic mass is 10.1. The summed E-state index contributed by atoms with van der Waals surface area (Å²) in [7, 11) is -1.28. The Morgan fingerprint density at radius 2 is 1.68 bits per heavy atom. The molecule has 5 rings (SSSR count). The van der Waals surface area contributed by atoms with Crippen molar-refractivity contribution >= 4 is 50.6 Å². The number of hydrogen-bond donors (Lipinski definition) is 1. The number of ether oxygens (including phenoxy) is 2. The molecule has 2 aliphatic rings. The van der Waals surface area contributed by atoms with E-state index in [2.05, 4.69) is 4.99 Å². The first-order chi connectivity index (χ1) is 18.3. The largest absolute Gasteiger partial charge is 0.497 e. The van der Waals surface area contributed by atoms with Gasteiger partial charge in [0.05, 0.1) is 25.5 Å². The summed E-state index contributed by atoms with van der Waals surface area (Å²) in [6.07, 6.45) is 1.51. The van der Waals surface area contributed by atoms with Gasteiger partial charge in [-0.25, -0.2) is 0 Å². The van der Waals surface area contributed by atoms with Gasteiger partial charge in [-0.15, -0.1) is 0 Å². The summed E-state index contributed by atoms with van der Waals surface area (Å²) in [5.41, 5.74) is 2.23. The standard InChI is InChI=1S/C27H21N3O6S2/c1-34-19-9-11-20(12-10-19)38(32,33)36-23-13-8-17(15-24(23)35-2)14-21-25(28)30-22(18-6-4-3-5-7-18)16-37-27(30)29-26(21)31/h3-16,28H,1-2H3/b21-14+,28-25?. The molecule has 0 saturated heterocycles. The number of rotatable bonds is 7. The molecule has 0 unspecified atom stereocenters. The number of fused-ring (bicyclic) bond motifs is 1. The Hall–Kier alpha value is -4.35. The van der Waals surface area contributed by atoms with Gasteiger partial charge in [0.2, 0.25) is 0 Å². The van der Waals surface area contributed by atoms with Gasteiger partial charge in [0.15, 0.2) is 16.7 Å². The van der Waals surface area contributed by atoms with Gasteiger partial charge in [-0.2, -0.15) is 13.4 Å². The summed E-state index contributed by atoms with van der Waals surface area (Å²) in [5, 5.41) is 11.0. The third kappa shape index (κ3) is 4.81. The Balaban J connectivity index is 1.43. The average Bonchev–Trinajstić information content (AvgIpc) is 3.36. The summed E-state index contributed by atoms with van der Waals surface area (Å²) in [5.74, 6) is 0.0644. The number of carbonyl (C=O) groups excluding carboxylic acids is 1. The lowest BCUT2D eigenvalue weighted by Gasteiger charge is -2.27. The molecule has 0 aromatic heterocycles.